The van der Waals surface area contributed by atoms with Gasteiger partial charge in [-0.25, -0.2) is 0 Å². The van der Waals surface area contributed by atoms with Crippen LogP contribution in [0, 0.1) is 0 Å². The van der Waals surface area contributed by atoms with Crippen molar-refractivity contribution in [3.63, 3.8) is 0 Å². The molecule has 0 atom stereocenters. The van der Waals surface area contributed by atoms with Gasteiger partial charge >= 0.3 is 0 Å². The highest BCUT2D eigenvalue weighted by atomic mass is 16.1. The number of rotatable bonds is 4. The number of carbonyl (C=O) groups is 1. The highest BCUT2D eigenvalue weighted by Crippen LogP contribution is 2.04. The van der Waals surface area contributed by atoms with Crippen molar-refractivity contribution in [1.82, 2.24) is 4.90 Å². The first kappa shape index (κ1) is 13.4. The Hall–Kier alpha value is -1.64. The maximum Gasteiger partial charge on any atom is 0.278 e. The van der Waals surface area contributed by atoms with E-state index in [1.807, 2.05) is 18.2 Å². The molecule has 1 amide bonds. The van der Waals surface area contributed by atoms with Gasteiger partial charge in [0.15, 0.2) is 0 Å². The van der Waals surface area contributed by atoms with E-state index >= 15 is 0 Å². The molecule has 0 radical (unpaired) electrons. The highest BCUT2D eigenvalue weighted by molar-refractivity contribution is 5.98. The van der Waals surface area contributed by atoms with Gasteiger partial charge in [0.05, 0.1) is 6.34 Å². The largest absolute Gasteiger partial charge is 0.358 e. The maximum absolute atomic E-state index is 11.8. The summed E-state index contributed by atoms with van der Waals surface area (Å²) in [6.45, 7) is 8.33. The Balaban J connectivity index is 2.74. The van der Waals surface area contributed by atoms with Gasteiger partial charge in [0.2, 0.25) is 0 Å². The molecular weight excluding hydrogens is 212 g/mol. The van der Waals surface area contributed by atoms with Crippen LogP contribution in [0.15, 0.2) is 35.3 Å². The molecule has 1 rings (SSSR count). The summed E-state index contributed by atoms with van der Waals surface area (Å²) in [7, 11) is 0. The molecule has 3 heteroatoms. The Labute approximate surface area is 103 Å². The van der Waals surface area contributed by atoms with Crippen LogP contribution in [0.4, 0.5) is 0 Å². The fraction of sp³-hybridized carbons (Fsp3) is 0.429. The number of hydrogen-bond acceptors (Lipinski definition) is 1. The predicted molar refractivity (Wildman–Crippen MR) is 71.4 cm³/mol. The van der Waals surface area contributed by atoms with Gasteiger partial charge < -0.3 is 4.90 Å². The smallest absolute Gasteiger partial charge is 0.278 e. The summed E-state index contributed by atoms with van der Waals surface area (Å²) in [6.07, 6.45) is 1.64. The van der Waals surface area contributed by atoms with E-state index in [-0.39, 0.29) is 5.91 Å². The van der Waals surface area contributed by atoms with Crippen LogP contribution in [-0.2, 0) is 0 Å². The summed E-state index contributed by atoms with van der Waals surface area (Å²) < 4.78 is 0. The molecule has 0 unspecified atom stereocenters. The number of carbonyl (C=O) groups excluding carboxylic acids is 1. The fourth-order valence-electron chi connectivity index (χ4n) is 1.64. The zero-order chi connectivity index (χ0) is 12.8. The maximum atomic E-state index is 11.8. The quantitative estimate of drug-likeness (QED) is 0.590. The van der Waals surface area contributed by atoms with Crippen molar-refractivity contribution in [3.05, 3.63) is 35.9 Å². The summed E-state index contributed by atoms with van der Waals surface area (Å²) in [5.74, 6) is -0.197. The Bertz CT molecular complexity index is 374. The van der Waals surface area contributed by atoms with Gasteiger partial charge in [-0.2, -0.15) is 4.99 Å². The molecule has 0 bridgehead atoms. The van der Waals surface area contributed by atoms with Gasteiger partial charge in [-0.15, -0.1) is 0 Å². The van der Waals surface area contributed by atoms with E-state index in [0.717, 1.165) is 0 Å². The Kier molecular flexibility index (Phi) is 4.88. The molecule has 0 N–H and O–H groups in total. The molecule has 0 heterocycles. The van der Waals surface area contributed by atoms with E-state index in [1.165, 1.54) is 0 Å². The van der Waals surface area contributed by atoms with E-state index in [1.54, 1.807) is 18.5 Å². The lowest BCUT2D eigenvalue weighted by Crippen LogP contribution is -2.35. The van der Waals surface area contributed by atoms with Crippen molar-refractivity contribution in [1.29, 1.82) is 0 Å². The molecule has 0 spiro atoms. The third-order valence-electron chi connectivity index (χ3n) is 2.52. The zero-order valence-electron chi connectivity index (χ0n) is 10.9. The second-order valence-corrected chi connectivity index (χ2v) is 4.55. The first-order valence-electron chi connectivity index (χ1n) is 5.93. The predicted octanol–water partition coefficient (Wildman–Crippen LogP) is 2.97. The lowest BCUT2D eigenvalue weighted by molar-refractivity contribution is 0.100. The SMILES string of the molecule is CC(C)N(C=NC(=O)c1ccccc1)C(C)C. The number of benzene rings is 1. The molecule has 0 aliphatic heterocycles. The minimum Gasteiger partial charge on any atom is -0.358 e. The minimum absolute atomic E-state index is 0.197. The molecule has 0 saturated carbocycles. The fourth-order valence-corrected chi connectivity index (χ4v) is 1.64. The lowest BCUT2D eigenvalue weighted by atomic mass is 10.2. The van der Waals surface area contributed by atoms with Crippen molar-refractivity contribution in [2.45, 2.75) is 39.8 Å². The van der Waals surface area contributed by atoms with Crippen LogP contribution >= 0.6 is 0 Å². The first-order valence-corrected chi connectivity index (χ1v) is 5.93. The van der Waals surface area contributed by atoms with Crippen LogP contribution in [0.5, 0.6) is 0 Å². The second kappa shape index (κ2) is 6.18. The summed E-state index contributed by atoms with van der Waals surface area (Å²) in [6, 6.07) is 9.78. The molecular formula is C14H20N2O. The molecule has 1 aromatic carbocycles. The Morgan fingerprint density at radius 2 is 1.65 bits per heavy atom. The molecule has 0 saturated heterocycles. The monoisotopic (exact) mass is 232 g/mol. The van der Waals surface area contributed by atoms with Crippen LogP contribution < -0.4 is 0 Å². The van der Waals surface area contributed by atoms with Crippen LogP contribution in [0.2, 0.25) is 0 Å². The average molecular weight is 232 g/mol. The molecule has 0 aromatic heterocycles. The minimum atomic E-state index is -0.197. The Morgan fingerprint density at radius 1 is 1.12 bits per heavy atom. The molecule has 0 aliphatic rings. The van der Waals surface area contributed by atoms with Crippen molar-refractivity contribution in [3.8, 4) is 0 Å². The normalized spacial score (nSPS) is 11.4. The summed E-state index contributed by atoms with van der Waals surface area (Å²) in [4.78, 5) is 17.8. The van der Waals surface area contributed by atoms with E-state index in [0.29, 0.717) is 17.6 Å². The van der Waals surface area contributed by atoms with Crippen molar-refractivity contribution >= 4 is 12.2 Å². The average Bonchev–Trinajstić information content (AvgIpc) is 2.29. The first-order chi connectivity index (χ1) is 8.02. The summed E-state index contributed by atoms with van der Waals surface area (Å²) >= 11 is 0. The number of aliphatic imine (C=N–C) groups is 1. The third kappa shape index (κ3) is 4.02. The summed E-state index contributed by atoms with van der Waals surface area (Å²) in [5.41, 5.74) is 0.621. The van der Waals surface area contributed by atoms with Gasteiger partial charge in [0.25, 0.3) is 5.91 Å². The van der Waals surface area contributed by atoms with Crippen molar-refractivity contribution in [2.24, 2.45) is 4.99 Å². The van der Waals surface area contributed by atoms with E-state index in [4.69, 9.17) is 0 Å². The summed E-state index contributed by atoms with van der Waals surface area (Å²) in [5, 5.41) is 0. The standard InChI is InChI=1S/C14H20N2O/c1-11(2)16(12(3)4)10-15-14(17)13-8-6-5-7-9-13/h5-12H,1-4H3. The van der Waals surface area contributed by atoms with Gasteiger partial charge in [-0.3, -0.25) is 4.79 Å². The van der Waals surface area contributed by atoms with Crippen LogP contribution in [0.25, 0.3) is 0 Å². The second-order valence-electron chi connectivity index (χ2n) is 4.55. The number of nitrogens with zero attached hydrogens (tertiary/aromatic N) is 2. The molecule has 17 heavy (non-hydrogen) atoms. The van der Waals surface area contributed by atoms with Gasteiger partial charge in [-0.05, 0) is 39.8 Å². The highest BCUT2D eigenvalue weighted by Gasteiger charge is 2.10. The van der Waals surface area contributed by atoms with Crippen LogP contribution in [0.1, 0.15) is 38.1 Å². The zero-order valence-corrected chi connectivity index (χ0v) is 10.9. The third-order valence-corrected chi connectivity index (χ3v) is 2.52. The lowest BCUT2D eigenvalue weighted by Gasteiger charge is -2.27. The van der Waals surface area contributed by atoms with E-state index < -0.39 is 0 Å². The number of amides is 1. The van der Waals surface area contributed by atoms with Gasteiger partial charge in [0, 0.05) is 17.6 Å². The van der Waals surface area contributed by atoms with Crippen LogP contribution in [0.3, 0.4) is 0 Å². The number of hydrogen-bond donors (Lipinski definition) is 0. The molecule has 92 valence electrons. The van der Waals surface area contributed by atoms with E-state index in [9.17, 15) is 4.79 Å². The van der Waals surface area contributed by atoms with E-state index in [2.05, 4.69) is 37.6 Å². The topological polar surface area (TPSA) is 32.7 Å². The van der Waals surface area contributed by atoms with Crippen LogP contribution in [-0.4, -0.2) is 29.2 Å². The molecule has 3 nitrogen and oxygen atoms in total. The van der Waals surface area contributed by atoms with Gasteiger partial charge in [0.1, 0.15) is 0 Å². The molecule has 0 fully saturated rings. The van der Waals surface area contributed by atoms with Crippen molar-refractivity contribution in [2.75, 3.05) is 0 Å². The van der Waals surface area contributed by atoms with Gasteiger partial charge in [-0.1, -0.05) is 18.2 Å². The Morgan fingerprint density at radius 3 is 2.12 bits per heavy atom. The molecule has 0 aliphatic carbocycles. The van der Waals surface area contributed by atoms with Crippen molar-refractivity contribution < 1.29 is 4.79 Å². The molecule has 1 aromatic rings.